The molecule has 5 nitrogen and oxygen atoms in total. The van der Waals surface area contributed by atoms with Crippen LogP contribution in [-0.2, 0) is 11.2 Å². The SMILES string of the molecule is CSCC[C@H](CO)NC(=O)Cc1c(-c2ccc(F)cc2)n[nH]c1C. The van der Waals surface area contributed by atoms with E-state index in [1.54, 1.807) is 23.9 Å². The van der Waals surface area contributed by atoms with Gasteiger partial charge in [0, 0.05) is 16.8 Å². The average molecular weight is 351 g/mol. The van der Waals surface area contributed by atoms with E-state index in [0.717, 1.165) is 29.0 Å². The fourth-order valence-electron chi connectivity index (χ4n) is 2.42. The third kappa shape index (κ3) is 4.82. The van der Waals surface area contributed by atoms with E-state index in [9.17, 15) is 14.3 Å². The standard InChI is InChI=1S/C17H22FN3O2S/c1-11-15(9-16(23)19-14(10-22)7-8-24-2)17(21-20-11)12-3-5-13(18)6-4-12/h3-6,14,22H,7-10H2,1-2H3,(H,19,23)(H,20,21)/t14-/m1/s1. The molecule has 0 spiro atoms. The quantitative estimate of drug-likeness (QED) is 0.682. The highest BCUT2D eigenvalue weighted by Crippen LogP contribution is 2.24. The molecule has 1 aromatic carbocycles. The molecule has 0 fully saturated rings. The summed E-state index contributed by atoms with van der Waals surface area (Å²) in [7, 11) is 0. The molecule has 0 saturated heterocycles. The number of halogens is 1. The number of aliphatic hydroxyl groups excluding tert-OH is 1. The van der Waals surface area contributed by atoms with Crippen LogP contribution in [0.3, 0.4) is 0 Å². The summed E-state index contributed by atoms with van der Waals surface area (Å²) in [6.45, 7) is 1.77. The Morgan fingerprint density at radius 2 is 2.12 bits per heavy atom. The number of benzene rings is 1. The molecule has 130 valence electrons. The van der Waals surface area contributed by atoms with Crippen molar-refractivity contribution in [1.82, 2.24) is 15.5 Å². The third-order valence-corrected chi connectivity index (χ3v) is 4.43. The number of hydrogen-bond donors (Lipinski definition) is 3. The Morgan fingerprint density at radius 1 is 1.42 bits per heavy atom. The van der Waals surface area contributed by atoms with Crippen molar-refractivity contribution in [3.63, 3.8) is 0 Å². The largest absolute Gasteiger partial charge is 0.394 e. The highest BCUT2D eigenvalue weighted by molar-refractivity contribution is 7.98. The predicted octanol–water partition coefficient (Wildman–Crippen LogP) is 2.30. The lowest BCUT2D eigenvalue weighted by Crippen LogP contribution is -2.38. The molecule has 0 aliphatic rings. The maximum atomic E-state index is 13.1. The lowest BCUT2D eigenvalue weighted by atomic mass is 10.0. The Balaban J connectivity index is 2.10. The second-order valence-electron chi connectivity index (χ2n) is 5.59. The molecule has 0 radical (unpaired) electrons. The van der Waals surface area contributed by atoms with Gasteiger partial charge in [0.15, 0.2) is 0 Å². The lowest BCUT2D eigenvalue weighted by Gasteiger charge is -2.16. The Bertz CT molecular complexity index is 673. The van der Waals surface area contributed by atoms with Crippen LogP contribution in [0.5, 0.6) is 0 Å². The summed E-state index contributed by atoms with van der Waals surface area (Å²) in [6, 6.07) is 5.77. The molecule has 24 heavy (non-hydrogen) atoms. The van der Waals surface area contributed by atoms with Gasteiger partial charge in [-0.25, -0.2) is 4.39 Å². The van der Waals surface area contributed by atoms with Crippen molar-refractivity contribution in [3.05, 3.63) is 41.3 Å². The number of hydrogen-bond acceptors (Lipinski definition) is 4. The lowest BCUT2D eigenvalue weighted by molar-refractivity contribution is -0.121. The first-order valence-electron chi connectivity index (χ1n) is 7.74. The van der Waals surface area contributed by atoms with Gasteiger partial charge in [0.25, 0.3) is 0 Å². The maximum Gasteiger partial charge on any atom is 0.224 e. The van der Waals surface area contributed by atoms with Crippen LogP contribution in [0.2, 0.25) is 0 Å². The van der Waals surface area contributed by atoms with Crippen LogP contribution in [0, 0.1) is 12.7 Å². The fraction of sp³-hybridized carbons (Fsp3) is 0.412. The van der Waals surface area contributed by atoms with Crippen LogP contribution in [0.25, 0.3) is 11.3 Å². The Hall–Kier alpha value is -1.86. The molecule has 3 N–H and O–H groups in total. The number of carbonyl (C=O) groups is 1. The summed E-state index contributed by atoms with van der Waals surface area (Å²) in [6.07, 6.45) is 2.86. The summed E-state index contributed by atoms with van der Waals surface area (Å²) in [5.41, 5.74) is 2.98. The molecule has 1 aromatic heterocycles. The van der Waals surface area contributed by atoms with Gasteiger partial charge in [-0.3, -0.25) is 9.89 Å². The molecule has 1 heterocycles. The predicted molar refractivity (Wildman–Crippen MR) is 94.4 cm³/mol. The number of aromatic nitrogens is 2. The van der Waals surface area contributed by atoms with Crippen molar-refractivity contribution in [3.8, 4) is 11.3 Å². The van der Waals surface area contributed by atoms with Gasteiger partial charge in [0.2, 0.25) is 5.91 Å². The van der Waals surface area contributed by atoms with E-state index in [2.05, 4.69) is 15.5 Å². The molecule has 2 rings (SSSR count). The number of thioether (sulfide) groups is 1. The van der Waals surface area contributed by atoms with E-state index < -0.39 is 0 Å². The minimum atomic E-state index is -0.315. The normalized spacial score (nSPS) is 12.2. The first kappa shape index (κ1) is 18.5. The number of carbonyl (C=O) groups excluding carboxylic acids is 1. The van der Waals surface area contributed by atoms with E-state index in [1.807, 2.05) is 13.2 Å². The number of nitrogens with one attached hydrogen (secondary N) is 2. The van der Waals surface area contributed by atoms with Crippen molar-refractivity contribution < 1.29 is 14.3 Å². The van der Waals surface area contributed by atoms with Crippen molar-refractivity contribution in [2.24, 2.45) is 0 Å². The number of aliphatic hydroxyl groups is 1. The molecule has 1 amide bonds. The van der Waals surface area contributed by atoms with E-state index in [4.69, 9.17) is 0 Å². The number of nitrogens with zero attached hydrogens (tertiary/aromatic N) is 1. The number of aromatic amines is 1. The molecule has 1 atom stereocenters. The molecule has 0 bridgehead atoms. The van der Waals surface area contributed by atoms with E-state index in [0.29, 0.717) is 5.69 Å². The van der Waals surface area contributed by atoms with E-state index >= 15 is 0 Å². The van der Waals surface area contributed by atoms with Crippen molar-refractivity contribution in [2.75, 3.05) is 18.6 Å². The first-order chi connectivity index (χ1) is 11.5. The molecule has 0 unspecified atom stereocenters. The van der Waals surface area contributed by atoms with Gasteiger partial charge >= 0.3 is 0 Å². The second-order valence-corrected chi connectivity index (χ2v) is 6.57. The highest BCUT2D eigenvalue weighted by Gasteiger charge is 2.18. The van der Waals surface area contributed by atoms with Gasteiger partial charge in [-0.1, -0.05) is 0 Å². The smallest absolute Gasteiger partial charge is 0.224 e. The van der Waals surface area contributed by atoms with Crippen LogP contribution in [0.1, 0.15) is 17.7 Å². The van der Waals surface area contributed by atoms with Crippen molar-refractivity contribution >= 4 is 17.7 Å². The minimum absolute atomic E-state index is 0.0819. The Kier molecular flexibility index (Phi) is 6.81. The van der Waals surface area contributed by atoms with E-state index in [-0.39, 0.29) is 30.8 Å². The summed E-state index contributed by atoms with van der Waals surface area (Å²) in [4.78, 5) is 12.3. The zero-order valence-corrected chi connectivity index (χ0v) is 14.6. The average Bonchev–Trinajstić information content (AvgIpc) is 2.93. The molecule has 0 saturated carbocycles. The molecule has 7 heteroatoms. The van der Waals surface area contributed by atoms with Crippen LogP contribution in [0.15, 0.2) is 24.3 Å². The highest BCUT2D eigenvalue weighted by atomic mass is 32.2. The third-order valence-electron chi connectivity index (χ3n) is 3.78. The van der Waals surface area contributed by atoms with Crippen molar-refractivity contribution in [1.29, 1.82) is 0 Å². The van der Waals surface area contributed by atoms with Gasteiger partial charge in [-0.05, 0) is 49.6 Å². The number of H-pyrrole nitrogens is 1. The molecular weight excluding hydrogens is 329 g/mol. The van der Waals surface area contributed by atoms with Crippen molar-refractivity contribution in [2.45, 2.75) is 25.8 Å². The monoisotopic (exact) mass is 351 g/mol. The second kappa shape index (κ2) is 8.84. The van der Waals surface area contributed by atoms with Gasteiger partial charge < -0.3 is 10.4 Å². The van der Waals surface area contributed by atoms with Crippen LogP contribution in [-0.4, -0.2) is 45.9 Å². The maximum absolute atomic E-state index is 13.1. The molecule has 0 aliphatic carbocycles. The first-order valence-corrected chi connectivity index (χ1v) is 9.13. The number of amides is 1. The molecule has 0 aliphatic heterocycles. The summed E-state index contributed by atoms with van der Waals surface area (Å²) < 4.78 is 13.1. The van der Waals surface area contributed by atoms with Crippen LogP contribution < -0.4 is 5.32 Å². The van der Waals surface area contributed by atoms with Gasteiger partial charge in [0.1, 0.15) is 5.82 Å². The Labute approximate surface area is 145 Å². The Morgan fingerprint density at radius 3 is 2.75 bits per heavy atom. The van der Waals surface area contributed by atoms with Crippen LogP contribution >= 0.6 is 11.8 Å². The van der Waals surface area contributed by atoms with Crippen LogP contribution in [0.4, 0.5) is 4.39 Å². The fourth-order valence-corrected chi connectivity index (χ4v) is 2.94. The minimum Gasteiger partial charge on any atom is -0.394 e. The van der Waals surface area contributed by atoms with Gasteiger partial charge in [-0.2, -0.15) is 16.9 Å². The van der Waals surface area contributed by atoms with E-state index in [1.165, 1.54) is 12.1 Å². The summed E-state index contributed by atoms with van der Waals surface area (Å²) in [5.74, 6) is 0.393. The summed E-state index contributed by atoms with van der Waals surface area (Å²) >= 11 is 1.67. The topological polar surface area (TPSA) is 78.0 Å². The zero-order valence-electron chi connectivity index (χ0n) is 13.8. The number of rotatable bonds is 8. The number of aryl methyl sites for hydroxylation is 1. The zero-order chi connectivity index (χ0) is 17.5. The summed E-state index contributed by atoms with van der Waals surface area (Å²) in [5, 5.41) is 19.3. The van der Waals surface area contributed by atoms with Gasteiger partial charge in [0.05, 0.1) is 24.8 Å². The molecular formula is C17H22FN3O2S. The van der Waals surface area contributed by atoms with Gasteiger partial charge in [-0.15, -0.1) is 0 Å². The molecule has 2 aromatic rings.